The molecule has 120 valence electrons. The predicted octanol–water partition coefficient (Wildman–Crippen LogP) is 2.37. The minimum Gasteiger partial charge on any atom is -0.756 e. The standard InChI is InChI=1S/C13H28NO5P/c1-5-12(15)14-10-8-6-7-9-11-18-20(16,17)19-13(2,3)4/h5-11H2,1-4H3,(H,14,15)(H,16,17)/p-1. The highest BCUT2D eigenvalue weighted by atomic mass is 31.2. The molecule has 0 rings (SSSR count). The molecule has 1 atom stereocenters. The third-order valence-corrected chi connectivity index (χ3v) is 3.62. The topological polar surface area (TPSA) is 87.7 Å². The van der Waals surface area contributed by atoms with Gasteiger partial charge in [-0.3, -0.25) is 9.36 Å². The van der Waals surface area contributed by atoms with Crippen LogP contribution in [0.2, 0.25) is 0 Å². The summed E-state index contributed by atoms with van der Waals surface area (Å²) < 4.78 is 21.0. The summed E-state index contributed by atoms with van der Waals surface area (Å²) in [5, 5.41) is 2.79. The van der Waals surface area contributed by atoms with Crippen molar-refractivity contribution in [1.29, 1.82) is 0 Å². The van der Waals surface area contributed by atoms with Gasteiger partial charge in [-0.1, -0.05) is 19.8 Å². The Labute approximate surface area is 121 Å². The number of hydrogen-bond acceptors (Lipinski definition) is 5. The minimum atomic E-state index is -4.20. The van der Waals surface area contributed by atoms with Crippen molar-refractivity contribution in [2.45, 2.75) is 65.4 Å². The number of nitrogens with one attached hydrogen (secondary N) is 1. The summed E-state index contributed by atoms with van der Waals surface area (Å²) in [6.07, 6.45) is 3.83. The first-order valence-electron chi connectivity index (χ1n) is 7.09. The molecule has 0 aromatic rings. The van der Waals surface area contributed by atoms with E-state index in [1.807, 2.05) is 6.92 Å². The summed E-state index contributed by atoms with van der Waals surface area (Å²) in [6.45, 7) is 7.59. The second-order valence-electron chi connectivity index (χ2n) is 5.60. The van der Waals surface area contributed by atoms with Crippen LogP contribution in [0.1, 0.15) is 59.8 Å². The molecule has 20 heavy (non-hydrogen) atoms. The third kappa shape index (κ3) is 12.6. The van der Waals surface area contributed by atoms with Crippen molar-refractivity contribution in [1.82, 2.24) is 5.32 Å². The van der Waals surface area contributed by atoms with E-state index in [9.17, 15) is 14.3 Å². The van der Waals surface area contributed by atoms with Gasteiger partial charge in [-0.25, -0.2) is 0 Å². The average Bonchev–Trinajstić information content (AvgIpc) is 2.28. The molecule has 0 saturated carbocycles. The van der Waals surface area contributed by atoms with Crippen LogP contribution in [-0.2, 0) is 18.4 Å². The highest BCUT2D eigenvalue weighted by Gasteiger charge is 2.19. The molecule has 0 fully saturated rings. The summed E-state index contributed by atoms with van der Waals surface area (Å²) in [6, 6.07) is 0. The summed E-state index contributed by atoms with van der Waals surface area (Å²) in [5.74, 6) is 0.0555. The van der Waals surface area contributed by atoms with Crippen LogP contribution >= 0.6 is 7.82 Å². The largest absolute Gasteiger partial charge is 0.756 e. The number of carbonyl (C=O) groups is 1. The molecule has 1 N–H and O–H groups in total. The predicted molar refractivity (Wildman–Crippen MR) is 76.2 cm³/mol. The van der Waals surface area contributed by atoms with Gasteiger partial charge in [-0.15, -0.1) is 0 Å². The molecule has 0 aromatic carbocycles. The summed E-state index contributed by atoms with van der Waals surface area (Å²) in [5.41, 5.74) is -0.769. The molecular weight excluding hydrogens is 281 g/mol. The van der Waals surface area contributed by atoms with Crippen LogP contribution in [0.3, 0.4) is 0 Å². The Kier molecular flexibility index (Phi) is 9.30. The van der Waals surface area contributed by atoms with E-state index in [1.165, 1.54) is 0 Å². The molecule has 0 aromatic heterocycles. The van der Waals surface area contributed by atoms with Crippen molar-refractivity contribution in [3.05, 3.63) is 0 Å². The molecule has 0 bridgehead atoms. The highest BCUT2D eigenvalue weighted by Crippen LogP contribution is 2.42. The molecule has 0 aliphatic heterocycles. The zero-order valence-corrected chi connectivity index (χ0v) is 13.8. The first-order valence-corrected chi connectivity index (χ1v) is 8.55. The smallest absolute Gasteiger partial charge is 0.268 e. The lowest BCUT2D eigenvalue weighted by atomic mass is 10.2. The number of rotatable bonds is 10. The minimum absolute atomic E-state index is 0.0555. The van der Waals surface area contributed by atoms with E-state index < -0.39 is 13.4 Å². The van der Waals surface area contributed by atoms with Gasteiger partial charge in [0, 0.05) is 13.0 Å². The molecule has 0 aliphatic rings. The van der Waals surface area contributed by atoms with Gasteiger partial charge >= 0.3 is 0 Å². The van der Waals surface area contributed by atoms with Crippen LogP contribution in [0.15, 0.2) is 0 Å². The maximum Gasteiger partial charge on any atom is 0.268 e. The Hall–Kier alpha value is -0.420. The third-order valence-electron chi connectivity index (χ3n) is 2.35. The molecule has 0 heterocycles. The fourth-order valence-electron chi connectivity index (χ4n) is 1.47. The Morgan fingerprint density at radius 1 is 1.20 bits per heavy atom. The number of amides is 1. The van der Waals surface area contributed by atoms with Gasteiger partial charge < -0.3 is 19.3 Å². The summed E-state index contributed by atoms with van der Waals surface area (Å²) >= 11 is 0. The van der Waals surface area contributed by atoms with Crippen molar-refractivity contribution >= 4 is 13.7 Å². The molecule has 0 radical (unpaired) electrons. The Bertz CT molecular complexity index is 327. The quantitative estimate of drug-likeness (QED) is 0.494. The van der Waals surface area contributed by atoms with Gasteiger partial charge in [0.05, 0.1) is 12.2 Å². The second kappa shape index (κ2) is 9.50. The first kappa shape index (κ1) is 19.6. The normalized spacial score (nSPS) is 14.8. The van der Waals surface area contributed by atoms with Gasteiger partial charge in [-0.2, -0.15) is 0 Å². The second-order valence-corrected chi connectivity index (χ2v) is 6.94. The van der Waals surface area contributed by atoms with Gasteiger partial charge in [0.2, 0.25) is 5.91 Å². The van der Waals surface area contributed by atoms with E-state index >= 15 is 0 Å². The number of carbonyl (C=O) groups excluding carboxylic acids is 1. The summed E-state index contributed by atoms with van der Waals surface area (Å²) in [7, 11) is -4.20. The SMILES string of the molecule is CCC(=O)NCCCCCCOP(=O)([O-])OC(C)(C)C. The maximum atomic E-state index is 11.4. The molecule has 6 nitrogen and oxygen atoms in total. The van der Waals surface area contributed by atoms with Crippen LogP contribution in [0.25, 0.3) is 0 Å². The number of hydrogen-bond donors (Lipinski definition) is 1. The van der Waals surface area contributed by atoms with Crippen molar-refractivity contribution in [3.8, 4) is 0 Å². The van der Waals surface area contributed by atoms with E-state index in [0.29, 0.717) is 19.4 Å². The molecule has 0 spiro atoms. The first-order chi connectivity index (χ1) is 9.16. The molecule has 0 aliphatic carbocycles. The number of phosphoric ester groups is 1. The van der Waals surface area contributed by atoms with Gasteiger partial charge in [-0.05, 0) is 33.6 Å². The van der Waals surface area contributed by atoms with E-state index in [4.69, 9.17) is 9.05 Å². The lowest BCUT2D eigenvalue weighted by Gasteiger charge is -2.30. The molecule has 7 heteroatoms. The van der Waals surface area contributed by atoms with Gasteiger partial charge in [0.25, 0.3) is 7.82 Å². The van der Waals surface area contributed by atoms with E-state index in [0.717, 1.165) is 19.3 Å². The maximum absolute atomic E-state index is 11.4. The van der Waals surface area contributed by atoms with Crippen molar-refractivity contribution in [3.63, 3.8) is 0 Å². The lowest BCUT2D eigenvalue weighted by molar-refractivity contribution is -0.233. The summed E-state index contributed by atoms with van der Waals surface area (Å²) in [4.78, 5) is 22.4. The molecule has 1 amide bonds. The molecule has 1 unspecified atom stereocenters. The zero-order chi connectivity index (χ0) is 15.6. The fourth-order valence-corrected chi connectivity index (χ4v) is 2.55. The van der Waals surface area contributed by atoms with Crippen LogP contribution in [0, 0.1) is 0 Å². The van der Waals surface area contributed by atoms with Gasteiger partial charge in [0.15, 0.2) is 0 Å². The van der Waals surface area contributed by atoms with Crippen molar-refractivity contribution in [2.24, 2.45) is 0 Å². The van der Waals surface area contributed by atoms with E-state index in [2.05, 4.69) is 5.32 Å². The Morgan fingerprint density at radius 2 is 1.80 bits per heavy atom. The van der Waals surface area contributed by atoms with E-state index in [-0.39, 0.29) is 12.5 Å². The van der Waals surface area contributed by atoms with Gasteiger partial charge in [0.1, 0.15) is 0 Å². The zero-order valence-electron chi connectivity index (χ0n) is 12.9. The Balaban J connectivity index is 3.53. The Morgan fingerprint density at radius 3 is 2.35 bits per heavy atom. The molecule has 0 saturated heterocycles. The van der Waals surface area contributed by atoms with Crippen LogP contribution in [-0.4, -0.2) is 24.7 Å². The van der Waals surface area contributed by atoms with E-state index in [1.54, 1.807) is 20.8 Å². The van der Waals surface area contributed by atoms with Crippen LogP contribution in [0.5, 0.6) is 0 Å². The highest BCUT2D eigenvalue weighted by molar-refractivity contribution is 7.45. The van der Waals surface area contributed by atoms with Crippen molar-refractivity contribution in [2.75, 3.05) is 13.2 Å². The number of phosphoric acid groups is 1. The lowest BCUT2D eigenvalue weighted by Crippen LogP contribution is -2.23. The monoisotopic (exact) mass is 308 g/mol. The van der Waals surface area contributed by atoms with Crippen LogP contribution < -0.4 is 10.2 Å². The number of unbranched alkanes of at least 4 members (excludes halogenated alkanes) is 3. The van der Waals surface area contributed by atoms with Crippen molar-refractivity contribution < 1.29 is 23.3 Å². The fraction of sp³-hybridized carbons (Fsp3) is 0.923. The van der Waals surface area contributed by atoms with Crippen LogP contribution in [0.4, 0.5) is 0 Å². The molecular formula is C13H27NO5P-. The average molecular weight is 308 g/mol.